The van der Waals surface area contributed by atoms with Crippen molar-refractivity contribution in [1.29, 1.82) is 0 Å². The third kappa shape index (κ3) is 6.90. The van der Waals surface area contributed by atoms with Crippen molar-refractivity contribution in [2.45, 2.75) is 25.1 Å². The third-order valence-corrected chi connectivity index (χ3v) is 4.47. The molecule has 0 fully saturated rings. The van der Waals surface area contributed by atoms with Crippen LogP contribution < -0.4 is 4.74 Å². The zero-order chi connectivity index (χ0) is 18.2. The van der Waals surface area contributed by atoms with Crippen LogP contribution in [0.15, 0.2) is 41.8 Å². The lowest BCUT2D eigenvalue weighted by Crippen LogP contribution is -2.21. The Hall–Kier alpha value is -1.70. The molecule has 0 aliphatic carbocycles. The highest BCUT2D eigenvalue weighted by atomic mass is 35.5. The van der Waals surface area contributed by atoms with Crippen molar-refractivity contribution in [2.24, 2.45) is 13.0 Å². The van der Waals surface area contributed by atoms with E-state index >= 15 is 0 Å². The maximum absolute atomic E-state index is 12.2. The van der Waals surface area contributed by atoms with Crippen molar-refractivity contribution in [1.82, 2.24) is 9.55 Å². The van der Waals surface area contributed by atoms with Gasteiger partial charge in [-0.25, -0.2) is 9.78 Å². The molecule has 0 aliphatic rings. The molecule has 0 aliphatic heterocycles. The van der Waals surface area contributed by atoms with Crippen molar-refractivity contribution in [3.63, 3.8) is 0 Å². The van der Waals surface area contributed by atoms with Gasteiger partial charge in [0.1, 0.15) is 17.9 Å². The van der Waals surface area contributed by atoms with Crippen LogP contribution in [-0.4, -0.2) is 45.7 Å². The lowest BCUT2D eigenvalue weighted by atomic mass is 10.2. The van der Waals surface area contributed by atoms with Crippen molar-refractivity contribution in [3.8, 4) is 5.75 Å². The van der Waals surface area contributed by atoms with Gasteiger partial charge < -0.3 is 19.1 Å². The van der Waals surface area contributed by atoms with E-state index in [1.807, 2.05) is 31.7 Å². The monoisotopic (exact) mass is 400 g/mol. The van der Waals surface area contributed by atoms with E-state index in [-0.39, 0.29) is 24.9 Å². The average Bonchev–Trinajstić information content (AvgIpc) is 3.01. The van der Waals surface area contributed by atoms with Crippen LogP contribution in [0.5, 0.6) is 5.75 Å². The second-order valence-corrected chi connectivity index (χ2v) is 7.07. The first kappa shape index (κ1) is 22.3. The fourth-order valence-corrected chi connectivity index (χ4v) is 2.81. The molecule has 26 heavy (non-hydrogen) atoms. The van der Waals surface area contributed by atoms with Gasteiger partial charge >= 0.3 is 5.97 Å². The smallest absolute Gasteiger partial charge is 0.341 e. The standard InChI is InChI=1S/C18H24N2O4S.ClH/c1-13(2)10-24-17(22)15-6-4-5-7-16(15)23-11-14(21)12-25-18-19-8-9-20(18)3;/h4-9,13-14,21H,10-12H2,1-3H3;1H. The number of aliphatic hydroxyl groups excluding tert-OH is 1. The summed E-state index contributed by atoms with van der Waals surface area (Å²) in [4.78, 5) is 16.3. The minimum Gasteiger partial charge on any atom is -0.490 e. The molecule has 1 unspecified atom stereocenters. The Kier molecular flexibility index (Phi) is 9.54. The summed E-state index contributed by atoms with van der Waals surface area (Å²) in [6, 6.07) is 6.90. The Bertz CT molecular complexity index is 693. The van der Waals surface area contributed by atoms with Gasteiger partial charge in [0, 0.05) is 25.2 Å². The molecule has 1 heterocycles. The second kappa shape index (κ2) is 11.1. The van der Waals surface area contributed by atoms with Crippen LogP contribution in [0, 0.1) is 5.92 Å². The molecule has 1 aromatic heterocycles. The van der Waals surface area contributed by atoms with E-state index in [9.17, 15) is 9.90 Å². The normalized spacial score (nSPS) is 11.7. The molecule has 0 saturated heterocycles. The zero-order valence-corrected chi connectivity index (χ0v) is 16.8. The molecule has 0 amide bonds. The molecule has 0 spiro atoms. The van der Waals surface area contributed by atoms with Crippen LogP contribution in [0.2, 0.25) is 0 Å². The molecule has 1 N–H and O–H groups in total. The summed E-state index contributed by atoms with van der Waals surface area (Å²) >= 11 is 1.45. The number of rotatable bonds is 9. The van der Waals surface area contributed by atoms with Gasteiger partial charge in [-0.3, -0.25) is 0 Å². The number of thioether (sulfide) groups is 1. The summed E-state index contributed by atoms with van der Waals surface area (Å²) in [5.41, 5.74) is 0.368. The Morgan fingerprint density at radius 2 is 2.04 bits per heavy atom. The molecule has 144 valence electrons. The fraction of sp³-hybridized carbons (Fsp3) is 0.444. The van der Waals surface area contributed by atoms with Crippen LogP contribution >= 0.6 is 24.2 Å². The van der Waals surface area contributed by atoms with Gasteiger partial charge in [0.15, 0.2) is 5.16 Å². The van der Waals surface area contributed by atoms with Gasteiger partial charge in [-0.2, -0.15) is 0 Å². The summed E-state index contributed by atoms with van der Waals surface area (Å²) in [7, 11) is 1.90. The largest absolute Gasteiger partial charge is 0.490 e. The minimum absolute atomic E-state index is 0. The van der Waals surface area contributed by atoms with E-state index in [2.05, 4.69) is 4.98 Å². The number of hydrogen-bond donors (Lipinski definition) is 1. The van der Waals surface area contributed by atoms with E-state index in [1.54, 1.807) is 30.5 Å². The zero-order valence-electron chi connectivity index (χ0n) is 15.1. The SMILES string of the molecule is CC(C)COC(=O)c1ccccc1OCC(O)CSc1nccn1C.Cl. The highest BCUT2D eigenvalue weighted by molar-refractivity contribution is 7.99. The molecular formula is C18H25ClN2O4S. The number of carbonyl (C=O) groups is 1. The summed E-state index contributed by atoms with van der Waals surface area (Å²) in [5.74, 6) is 0.714. The molecule has 1 aromatic carbocycles. The minimum atomic E-state index is -0.679. The molecule has 1 atom stereocenters. The predicted molar refractivity (Wildman–Crippen MR) is 104 cm³/mol. The van der Waals surface area contributed by atoms with Crippen molar-refractivity contribution in [3.05, 3.63) is 42.2 Å². The van der Waals surface area contributed by atoms with E-state index in [0.717, 1.165) is 5.16 Å². The summed E-state index contributed by atoms with van der Waals surface area (Å²) in [6.07, 6.45) is 2.88. The average molecular weight is 401 g/mol. The topological polar surface area (TPSA) is 73.6 Å². The van der Waals surface area contributed by atoms with Crippen molar-refractivity contribution < 1.29 is 19.4 Å². The molecule has 0 radical (unpaired) electrons. The van der Waals surface area contributed by atoms with Crippen LogP contribution in [0.25, 0.3) is 0 Å². The molecule has 2 rings (SSSR count). The third-order valence-electron chi connectivity index (χ3n) is 3.27. The molecule has 6 nitrogen and oxygen atoms in total. The molecule has 0 saturated carbocycles. The van der Waals surface area contributed by atoms with E-state index in [0.29, 0.717) is 23.7 Å². The number of para-hydroxylation sites is 1. The quantitative estimate of drug-likeness (QED) is 0.514. The number of nitrogens with zero attached hydrogens (tertiary/aromatic N) is 2. The van der Waals surface area contributed by atoms with Gasteiger partial charge in [0.05, 0.1) is 12.7 Å². The lowest BCUT2D eigenvalue weighted by Gasteiger charge is -2.15. The van der Waals surface area contributed by atoms with E-state index in [4.69, 9.17) is 9.47 Å². The first-order valence-electron chi connectivity index (χ1n) is 8.14. The Balaban J connectivity index is 0.00000338. The Labute approximate surface area is 164 Å². The summed E-state index contributed by atoms with van der Waals surface area (Å²) in [6.45, 7) is 4.40. The number of aryl methyl sites for hydroxylation is 1. The number of imidazole rings is 1. The number of esters is 1. The van der Waals surface area contributed by atoms with Crippen LogP contribution in [0.1, 0.15) is 24.2 Å². The number of aromatic nitrogens is 2. The lowest BCUT2D eigenvalue weighted by molar-refractivity contribution is 0.0450. The summed E-state index contributed by atoms with van der Waals surface area (Å²) in [5, 5.41) is 10.9. The number of benzene rings is 1. The number of halogens is 1. The van der Waals surface area contributed by atoms with E-state index < -0.39 is 12.1 Å². The van der Waals surface area contributed by atoms with E-state index in [1.165, 1.54) is 11.8 Å². The van der Waals surface area contributed by atoms with Crippen molar-refractivity contribution in [2.75, 3.05) is 19.0 Å². The maximum Gasteiger partial charge on any atom is 0.341 e. The van der Waals surface area contributed by atoms with Gasteiger partial charge in [-0.1, -0.05) is 37.7 Å². The molecule has 8 heteroatoms. The van der Waals surface area contributed by atoms with Crippen LogP contribution in [0.3, 0.4) is 0 Å². The number of carbonyl (C=O) groups excluding carboxylic acids is 1. The number of ether oxygens (including phenoxy) is 2. The van der Waals surface area contributed by atoms with Crippen LogP contribution in [-0.2, 0) is 11.8 Å². The van der Waals surface area contributed by atoms with Gasteiger partial charge in [-0.15, -0.1) is 12.4 Å². The fourth-order valence-electron chi connectivity index (χ4n) is 1.98. The Morgan fingerprint density at radius 3 is 2.69 bits per heavy atom. The molecule has 2 aromatic rings. The predicted octanol–water partition coefficient (Wildman–Crippen LogP) is 3.19. The molecular weight excluding hydrogens is 376 g/mol. The first-order valence-corrected chi connectivity index (χ1v) is 9.13. The first-order chi connectivity index (χ1) is 12.0. The molecule has 0 bridgehead atoms. The van der Waals surface area contributed by atoms with Gasteiger partial charge in [-0.05, 0) is 18.1 Å². The number of hydrogen-bond acceptors (Lipinski definition) is 6. The highest BCUT2D eigenvalue weighted by Crippen LogP contribution is 2.21. The highest BCUT2D eigenvalue weighted by Gasteiger charge is 2.16. The van der Waals surface area contributed by atoms with Crippen LogP contribution in [0.4, 0.5) is 0 Å². The summed E-state index contributed by atoms with van der Waals surface area (Å²) < 4.78 is 12.8. The van der Waals surface area contributed by atoms with Gasteiger partial charge in [0.25, 0.3) is 0 Å². The van der Waals surface area contributed by atoms with Crippen molar-refractivity contribution >= 4 is 30.1 Å². The Morgan fingerprint density at radius 1 is 1.31 bits per heavy atom. The maximum atomic E-state index is 12.2. The second-order valence-electron chi connectivity index (χ2n) is 6.09. The van der Waals surface area contributed by atoms with Gasteiger partial charge in [0.2, 0.25) is 0 Å². The number of aliphatic hydroxyl groups is 1.